The number of carbonyl (C=O) groups is 1. The molecule has 1 aliphatic carbocycles. The largest absolute Gasteiger partial charge is 0.388 e. The fourth-order valence-electron chi connectivity index (χ4n) is 1.98. The van der Waals surface area contributed by atoms with Gasteiger partial charge in [0.15, 0.2) is 5.78 Å². The first-order valence-electron chi connectivity index (χ1n) is 5.91. The summed E-state index contributed by atoms with van der Waals surface area (Å²) in [5.74, 6) is -0.00611. The van der Waals surface area contributed by atoms with Gasteiger partial charge < -0.3 is 15.6 Å². The zero-order valence-corrected chi connectivity index (χ0v) is 11.1. The van der Waals surface area contributed by atoms with E-state index in [0.717, 1.165) is 17.8 Å². The molecule has 0 aliphatic heterocycles. The van der Waals surface area contributed by atoms with E-state index in [2.05, 4.69) is 5.32 Å². The van der Waals surface area contributed by atoms with Crippen molar-refractivity contribution in [3.63, 3.8) is 0 Å². The van der Waals surface area contributed by atoms with Gasteiger partial charge >= 0.3 is 0 Å². The summed E-state index contributed by atoms with van der Waals surface area (Å²) in [6.07, 6.45) is 3.16. The van der Waals surface area contributed by atoms with Crippen LogP contribution in [0.3, 0.4) is 0 Å². The Balaban J connectivity index is 3.08. The highest BCUT2D eigenvalue weighted by atomic mass is 16.1. The van der Waals surface area contributed by atoms with Gasteiger partial charge in [0, 0.05) is 43.8 Å². The second kappa shape index (κ2) is 5.66. The van der Waals surface area contributed by atoms with Crippen molar-refractivity contribution in [1.82, 2.24) is 10.2 Å². The van der Waals surface area contributed by atoms with Crippen LogP contribution >= 0.6 is 0 Å². The van der Waals surface area contributed by atoms with Gasteiger partial charge in [0.2, 0.25) is 0 Å². The van der Waals surface area contributed by atoms with E-state index in [1.54, 1.807) is 0 Å². The zero-order chi connectivity index (χ0) is 13.0. The molecule has 0 atom stereocenters. The van der Waals surface area contributed by atoms with Crippen molar-refractivity contribution in [3.8, 4) is 0 Å². The quantitative estimate of drug-likeness (QED) is 0.732. The van der Waals surface area contributed by atoms with Crippen molar-refractivity contribution in [2.24, 2.45) is 0 Å². The molecule has 0 spiro atoms. The minimum absolute atomic E-state index is 0.00611. The number of hydrogen-bond donors (Lipinski definition) is 2. The Kier molecular flexibility index (Phi) is 4.49. The number of Topliss-reactive ketones (excluding diaryl/α,β-unsaturated/α-hetero) is 1. The molecule has 0 aromatic heterocycles. The Morgan fingerprint density at radius 2 is 2.12 bits per heavy atom. The third-order valence-electron chi connectivity index (χ3n) is 2.70. The van der Waals surface area contributed by atoms with Crippen LogP contribution in [0.25, 0.3) is 0 Å². The summed E-state index contributed by atoms with van der Waals surface area (Å²) in [6.45, 7) is 4.62. The highest BCUT2D eigenvalue weighted by molar-refractivity contribution is 6.29. The van der Waals surface area contributed by atoms with E-state index in [0.29, 0.717) is 24.1 Å². The lowest BCUT2D eigenvalue weighted by molar-refractivity contribution is -0.112. The van der Waals surface area contributed by atoms with Crippen LogP contribution in [0.2, 0.25) is 0 Å². The van der Waals surface area contributed by atoms with E-state index in [-0.39, 0.29) is 5.78 Å². The Hall–Kier alpha value is -1.58. The maximum atomic E-state index is 12.3. The molecule has 0 bridgehead atoms. The average Bonchev–Trinajstić information content (AvgIpc) is 2.22. The number of hydrogen-bond acceptors (Lipinski definition) is 4. The normalized spacial score (nSPS) is 21.8. The molecule has 1 fully saturated rings. The molecule has 0 aromatic carbocycles. The molecule has 0 heterocycles. The van der Waals surface area contributed by atoms with Gasteiger partial charge in [0.25, 0.3) is 0 Å². The number of ketones is 1. The second-order valence-electron chi connectivity index (χ2n) is 4.46. The van der Waals surface area contributed by atoms with Crippen molar-refractivity contribution in [1.29, 1.82) is 5.41 Å². The Labute approximate surface area is 103 Å². The molecule has 0 saturated heterocycles. The Morgan fingerprint density at radius 3 is 2.65 bits per heavy atom. The molecule has 0 radical (unpaired) electrons. The number of allylic oxidation sites excluding steroid dienone is 3. The lowest BCUT2D eigenvalue weighted by atomic mass is 9.86. The number of carbonyl (C=O) groups excluding carboxylic acids is 1. The zero-order valence-electron chi connectivity index (χ0n) is 11.1. The van der Waals surface area contributed by atoms with E-state index in [4.69, 9.17) is 5.41 Å². The van der Waals surface area contributed by atoms with Gasteiger partial charge in [0.1, 0.15) is 0 Å². The third kappa shape index (κ3) is 3.19. The smallest absolute Gasteiger partial charge is 0.194 e. The summed E-state index contributed by atoms with van der Waals surface area (Å²) in [5.41, 5.74) is 2.60. The van der Waals surface area contributed by atoms with Crippen molar-refractivity contribution in [2.75, 3.05) is 20.6 Å². The maximum Gasteiger partial charge on any atom is 0.194 e. The SMILES string of the molecule is CCN/C(C)=C1\C(=N)CC/C(=C/N(C)C)C1=O. The lowest BCUT2D eigenvalue weighted by Gasteiger charge is -2.21. The summed E-state index contributed by atoms with van der Waals surface area (Å²) in [7, 11) is 3.81. The van der Waals surface area contributed by atoms with Crippen LogP contribution in [-0.4, -0.2) is 37.0 Å². The maximum absolute atomic E-state index is 12.3. The molecule has 0 aromatic rings. The number of nitrogens with zero attached hydrogens (tertiary/aromatic N) is 1. The van der Waals surface area contributed by atoms with Crippen LogP contribution in [-0.2, 0) is 4.79 Å². The first kappa shape index (κ1) is 13.5. The highest BCUT2D eigenvalue weighted by Crippen LogP contribution is 2.24. The van der Waals surface area contributed by atoms with Gasteiger partial charge in [0.05, 0.1) is 5.57 Å². The number of rotatable bonds is 3. The van der Waals surface area contributed by atoms with E-state index in [9.17, 15) is 4.79 Å². The summed E-state index contributed by atoms with van der Waals surface area (Å²) in [6, 6.07) is 0. The summed E-state index contributed by atoms with van der Waals surface area (Å²) >= 11 is 0. The van der Waals surface area contributed by atoms with Gasteiger partial charge in [-0.15, -0.1) is 0 Å². The molecule has 94 valence electrons. The monoisotopic (exact) mass is 235 g/mol. The van der Waals surface area contributed by atoms with Crippen molar-refractivity contribution in [3.05, 3.63) is 23.0 Å². The highest BCUT2D eigenvalue weighted by Gasteiger charge is 2.26. The molecule has 4 heteroatoms. The van der Waals surface area contributed by atoms with E-state index >= 15 is 0 Å². The minimum atomic E-state index is -0.00611. The molecule has 2 N–H and O–H groups in total. The fraction of sp³-hybridized carbons (Fsp3) is 0.538. The Morgan fingerprint density at radius 1 is 1.47 bits per heavy atom. The van der Waals surface area contributed by atoms with Crippen LogP contribution in [0.4, 0.5) is 0 Å². The van der Waals surface area contributed by atoms with Gasteiger partial charge in [-0.3, -0.25) is 4.79 Å². The van der Waals surface area contributed by atoms with E-state index in [1.165, 1.54) is 0 Å². The lowest BCUT2D eigenvalue weighted by Crippen LogP contribution is -2.27. The molecule has 4 nitrogen and oxygen atoms in total. The van der Waals surface area contributed by atoms with E-state index < -0.39 is 0 Å². The standard InChI is InChI=1S/C13H21N3O/c1-5-15-9(2)12-11(14)7-6-10(13(12)17)8-16(3)4/h8,14-15H,5-7H2,1-4H3/b10-8-,12-9+,14-11?. The molecular weight excluding hydrogens is 214 g/mol. The molecule has 0 amide bonds. The Bertz CT molecular complexity index is 391. The van der Waals surface area contributed by atoms with Crippen LogP contribution in [0, 0.1) is 5.41 Å². The van der Waals surface area contributed by atoms with Crippen LogP contribution < -0.4 is 5.32 Å². The van der Waals surface area contributed by atoms with Crippen molar-refractivity contribution in [2.45, 2.75) is 26.7 Å². The van der Waals surface area contributed by atoms with Crippen molar-refractivity contribution < 1.29 is 4.79 Å². The van der Waals surface area contributed by atoms with Gasteiger partial charge in [-0.2, -0.15) is 0 Å². The van der Waals surface area contributed by atoms with Gasteiger partial charge in [-0.05, 0) is 26.7 Å². The summed E-state index contributed by atoms with van der Waals surface area (Å²) in [5, 5.41) is 11.0. The van der Waals surface area contributed by atoms with Crippen molar-refractivity contribution >= 4 is 11.5 Å². The molecule has 1 aliphatic rings. The topological polar surface area (TPSA) is 56.2 Å². The average molecular weight is 235 g/mol. The first-order valence-corrected chi connectivity index (χ1v) is 5.91. The minimum Gasteiger partial charge on any atom is -0.388 e. The summed E-state index contributed by atoms with van der Waals surface area (Å²) in [4.78, 5) is 14.1. The molecule has 17 heavy (non-hydrogen) atoms. The predicted octanol–water partition coefficient (Wildman–Crippen LogP) is 1.70. The molecule has 1 saturated carbocycles. The predicted molar refractivity (Wildman–Crippen MR) is 70.1 cm³/mol. The molecular formula is C13H21N3O. The summed E-state index contributed by atoms with van der Waals surface area (Å²) < 4.78 is 0. The van der Waals surface area contributed by atoms with Gasteiger partial charge in [-0.25, -0.2) is 0 Å². The third-order valence-corrected chi connectivity index (χ3v) is 2.70. The molecule has 0 unspecified atom stereocenters. The van der Waals surface area contributed by atoms with Crippen LogP contribution in [0.15, 0.2) is 23.0 Å². The fourth-order valence-corrected chi connectivity index (χ4v) is 1.98. The number of nitrogens with one attached hydrogen (secondary N) is 2. The van der Waals surface area contributed by atoms with Crippen LogP contribution in [0.1, 0.15) is 26.7 Å². The molecule has 1 rings (SSSR count). The van der Waals surface area contributed by atoms with Gasteiger partial charge in [-0.1, -0.05) is 0 Å². The second-order valence-corrected chi connectivity index (χ2v) is 4.46. The van der Waals surface area contributed by atoms with Crippen LogP contribution in [0.5, 0.6) is 0 Å². The first-order chi connectivity index (χ1) is 7.97. The van der Waals surface area contributed by atoms with E-state index in [1.807, 2.05) is 39.0 Å².